The van der Waals surface area contributed by atoms with E-state index in [-0.39, 0.29) is 0 Å². The van der Waals surface area contributed by atoms with Gasteiger partial charge in [-0.15, -0.1) is 0 Å². The summed E-state index contributed by atoms with van der Waals surface area (Å²) in [6.45, 7) is 0. The molecular weight excluding hydrogens is 377 g/mol. The second-order valence-corrected chi connectivity index (χ2v) is 5.09. The van der Waals surface area contributed by atoms with Crippen molar-refractivity contribution in [2.45, 2.75) is 11.6 Å². The molecule has 0 spiro atoms. The first kappa shape index (κ1) is 17.5. The summed E-state index contributed by atoms with van der Waals surface area (Å²) < 4.78 is 149. The molecule has 0 heterocycles. The van der Waals surface area contributed by atoms with Gasteiger partial charge in [-0.1, -0.05) is 0 Å². The lowest BCUT2D eigenvalue weighted by atomic mass is 9.66. The van der Waals surface area contributed by atoms with E-state index in [4.69, 9.17) is 0 Å². The SMILES string of the molecule is Fc1cc(C2(F)c3c(F)c(F)c(F)c(F)c3C2(F)F)c(F)c(F)c1F. The highest BCUT2D eigenvalue weighted by Gasteiger charge is 2.73. The van der Waals surface area contributed by atoms with Gasteiger partial charge in [0.15, 0.2) is 46.5 Å². The predicted octanol–water partition coefficient (Wildman–Crippen LogP) is 5.12. The van der Waals surface area contributed by atoms with Crippen molar-refractivity contribution in [3.8, 4) is 0 Å². The molecule has 11 heteroatoms. The fraction of sp³-hybridized carbons (Fsp3) is 0.143. The van der Waals surface area contributed by atoms with Crippen molar-refractivity contribution in [3.05, 3.63) is 69.3 Å². The van der Waals surface area contributed by atoms with Crippen LogP contribution < -0.4 is 0 Å². The Balaban J connectivity index is 2.44. The van der Waals surface area contributed by atoms with E-state index >= 15 is 0 Å². The summed E-state index contributed by atoms with van der Waals surface area (Å²) in [5, 5.41) is 0. The Morgan fingerprint density at radius 3 is 1.48 bits per heavy atom. The molecule has 0 fully saturated rings. The third-order valence-electron chi connectivity index (χ3n) is 3.83. The van der Waals surface area contributed by atoms with E-state index in [0.717, 1.165) is 0 Å². The monoisotopic (exact) mass is 378 g/mol. The van der Waals surface area contributed by atoms with E-state index in [9.17, 15) is 48.3 Å². The molecule has 0 radical (unpaired) electrons. The van der Waals surface area contributed by atoms with Crippen molar-refractivity contribution in [2.24, 2.45) is 0 Å². The summed E-state index contributed by atoms with van der Waals surface area (Å²) in [5.74, 6) is -26.1. The molecule has 2 aromatic carbocycles. The summed E-state index contributed by atoms with van der Waals surface area (Å²) in [7, 11) is 0. The summed E-state index contributed by atoms with van der Waals surface area (Å²) in [5.41, 5.74) is -11.5. The second kappa shape index (κ2) is 4.85. The molecule has 0 N–H and O–H groups in total. The van der Waals surface area contributed by atoms with Crippen molar-refractivity contribution >= 4 is 0 Å². The lowest BCUT2D eigenvalue weighted by molar-refractivity contribution is -0.168. The smallest absolute Gasteiger partial charge is 0.226 e. The van der Waals surface area contributed by atoms with Crippen molar-refractivity contribution in [1.29, 1.82) is 0 Å². The number of benzene rings is 2. The molecule has 1 atom stereocenters. The zero-order valence-electron chi connectivity index (χ0n) is 11.2. The lowest BCUT2D eigenvalue weighted by Gasteiger charge is -2.45. The third kappa shape index (κ3) is 1.78. The van der Waals surface area contributed by atoms with Crippen LogP contribution in [0, 0.1) is 46.5 Å². The topological polar surface area (TPSA) is 0 Å². The fourth-order valence-corrected chi connectivity index (χ4v) is 2.64. The first-order valence-electron chi connectivity index (χ1n) is 6.16. The molecule has 0 amide bonds. The molecule has 1 aliphatic rings. The van der Waals surface area contributed by atoms with Crippen molar-refractivity contribution in [2.75, 3.05) is 0 Å². The van der Waals surface area contributed by atoms with Crippen LogP contribution in [0.5, 0.6) is 0 Å². The van der Waals surface area contributed by atoms with Crippen LogP contribution in [0.4, 0.5) is 48.3 Å². The molecule has 0 aliphatic heterocycles. The van der Waals surface area contributed by atoms with Crippen LogP contribution in [0.2, 0.25) is 0 Å². The molecular formula is C14HF11. The maximum Gasteiger partial charge on any atom is 0.318 e. The van der Waals surface area contributed by atoms with Crippen LogP contribution in [-0.2, 0) is 11.6 Å². The molecule has 0 saturated carbocycles. The average Bonchev–Trinajstić information content (AvgIpc) is 2.56. The quantitative estimate of drug-likeness (QED) is 0.367. The Labute approximate surface area is 130 Å². The van der Waals surface area contributed by atoms with Crippen LogP contribution >= 0.6 is 0 Å². The van der Waals surface area contributed by atoms with Gasteiger partial charge in [0.25, 0.3) is 0 Å². The number of hydrogen-bond donors (Lipinski definition) is 0. The van der Waals surface area contributed by atoms with E-state index in [1.807, 2.05) is 0 Å². The Kier molecular flexibility index (Phi) is 3.40. The minimum atomic E-state index is -5.24. The molecule has 0 saturated heterocycles. The zero-order chi connectivity index (χ0) is 19.1. The Morgan fingerprint density at radius 1 is 0.520 bits per heavy atom. The van der Waals surface area contributed by atoms with Gasteiger partial charge in [0.05, 0.1) is 11.1 Å². The van der Waals surface area contributed by atoms with Crippen molar-refractivity contribution < 1.29 is 48.3 Å². The Morgan fingerprint density at radius 2 is 0.960 bits per heavy atom. The minimum absolute atomic E-state index is 0.552. The zero-order valence-corrected chi connectivity index (χ0v) is 11.2. The molecule has 3 rings (SSSR count). The number of halogens is 11. The highest BCUT2D eigenvalue weighted by Crippen LogP contribution is 2.65. The highest BCUT2D eigenvalue weighted by atomic mass is 19.3. The van der Waals surface area contributed by atoms with Crippen LogP contribution in [-0.4, -0.2) is 0 Å². The van der Waals surface area contributed by atoms with Crippen LogP contribution in [0.3, 0.4) is 0 Å². The second-order valence-electron chi connectivity index (χ2n) is 5.09. The van der Waals surface area contributed by atoms with Crippen molar-refractivity contribution in [3.63, 3.8) is 0 Å². The highest BCUT2D eigenvalue weighted by molar-refractivity contribution is 5.58. The maximum absolute atomic E-state index is 14.8. The van der Waals surface area contributed by atoms with Gasteiger partial charge in [-0.25, -0.2) is 39.5 Å². The first-order chi connectivity index (χ1) is 11.4. The van der Waals surface area contributed by atoms with Crippen LogP contribution in [0.1, 0.15) is 16.7 Å². The normalized spacial score (nSPS) is 21.1. The van der Waals surface area contributed by atoms with E-state index in [0.29, 0.717) is 0 Å². The number of fused-ring (bicyclic) bond motifs is 1. The van der Waals surface area contributed by atoms with Gasteiger partial charge >= 0.3 is 5.92 Å². The molecule has 25 heavy (non-hydrogen) atoms. The van der Waals surface area contributed by atoms with E-state index in [1.54, 1.807) is 0 Å². The summed E-state index contributed by atoms with van der Waals surface area (Å²) >= 11 is 0. The standard InChI is InChI=1S/C14HF11/c15-3-1-2(6(16)10(20)7(3)17)13(23)4-5(14(13,24)25)9(19)12(22)11(21)8(4)18/h1H. The predicted molar refractivity (Wildman–Crippen MR) is 58.3 cm³/mol. The maximum atomic E-state index is 14.8. The van der Waals surface area contributed by atoms with E-state index in [1.165, 1.54) is 0 Å². The molecule has 2 aromatic rings. The molecule has 1 aliphatic carbocycles. The summed E-state index contributed by atoms with van der Waals surface area (Å²) in [6.07, 6.45) is 0. The first-order valence-corrected chi connectivity index (χ1v) is 6.16. The van der Waals surface area contributed by atoms with Gasteiger partial charge in [-0.3, -0.25) is 0 Å². The van der Waals surface area contributed by atoms with Crippen LogP contribution in [0.25, 0.3) is 0 Å². The number of alkyl halides is 3. The molecule has 0 nitrogen and oxygen atoms in total. The largest absolute Gasteiger partial charge is 0.318 e. The third-order valence-corrected chi connectivity index (χ3v) is 3.83. The Bertz CT molecular complexity index is 934. The van der Waals surface area contributed by atoms with E-state index < -0.39 is 80.9 Å². The number of hydrogen-bond acceptors (Lipinski definition) is 0. The number of rotatable bonds is 1. The van der Waals surface area contributed by atoms with Gasteiger partial charge in [0.2, 0.25) is 5.67 Å². The van der Waals surface area contributed by atoms with Gasteiger partial charge in [-0.05, 0) is 6.07 Å². The van der Waals surface area contributed by atoms with Gasteiger partial charge in [0.1, 0.15) is 0 Å². The minimum Gasteiger partial charge on any atom is -0.226 e. The van der Waals surface area contributed by atoms with E-state index in [2.05, 4.69) is 0 Å². The molecule has 134 valence electrons. The fourth-order valence-electron chi connectivity index (χ4n) is 2.64. The van der Waals surface area contributed by atoms with Crippen molar-refractivity contribution in [1.82, 2.24) is 0 Å². The van der Waals surface area contributed by atoms with Crippen LogP contribution in [0.15, 0.2) is 6.07 Å². The summed E-state index contributed by atoms with van der Waals surface area (Å²) in [6, 6.07) is -0.552. The lowest BCUT2D eigenvalue weighted by Crippen LogP contribution is -2.54. The Hall–Kier alpha value is -2.33. The van der Waals surface area contributed by atoms with Gasteiger partial charge in [0, 0.05) is 5.56 Å². The summed E-state index contributed by atoms with van der Waals surface area (Å²) in [4.78, 5) is 0. The molecule has 0 bridgehead atoms. The molecule has 0 aromatic heterocycles. The molecule has 1 unspecified atom stereocenters. The van der Waals surface area contributed by atoms with Gasteiger partial charge in [-0.2, -0.15) is 8.78 Å². The van der Waals surface area contributed by atoms with Gasteiger partial charge < -0.3 is 0 Å². The average molecular weight is 378 g/mol.